The van der Waals surface area contributed by atoms with Crippen molar-refractivity contribution in [3.05, 3.63) is 71.5 Å². The number of carbonyl (C=O) groups is 3. The fourth-order valence-electron chi connectivity index (χ4n) is 4.71. The minimum Gasteiger partial charge on any atom is -0.444 e. The van der Waals surface area contributed by atoms with E-state index in [0.717, 1.165) is 12.0 Å². The lowest BCUT2D eigenvalue weighted by Gasteiger charge is -2.52. The summed E-state index contributed by atoms with van der Waals surface area (Å²) in [7, 11) is 0. The third-order valence-corrected chi connectivity index (χ3v) is 6.51. The van der Waals surface area contributed by atoms with Crippen LogP contribution in [0, 0.1) is 5.82 Å². The van der Waals surface area contributed by atoms with Crippen LogP contribution in [0.2, 0.25) is 0 Å². The van der Waals surface area contributed by atoms with E-state index in [2.05, 4.69) is 0 Å². The van der Waals surface area contributed by atoms with Gasteiger partial charge in [-0.1, -0.05) is 42.5 Å². The summed E-state index contributed by atoms with van der Waals surface area (Å²) >= 11 is 0. The van der Waals surface area contributed by atoms with Gasteiger partial charge in [0.1, 0.15) is 24.6 Å². The smallest absolute Gasteiger partial charge is 0.411 e. The number of hydrogen-bond donors (Lipinski definition) is 1. The molecular formula is C26H31FN4O4. The first-order valence-electron chi connectivity index (χ1n) is 12.0. The molecule has 2 heterocycles. The molecule has 2 aliphatic heterocycles. The molecule has 0 spiro atoms. The second-order valence-corrected chi connectivity index (χ2v) is 8.91. The lowest BCUT2D eigenvalue weighted by molar-refractivity contribution is -0.169. The maximum atomic E-state index is 13.5. The van der Waals surface area contributed by atoms with Crippen LogP contribution in [0.25, 0.3) is 0 Å². The zero-order valence-corrected chi connectivity index (χ0v) is 19.6. The Kier molecular flexibility index (Phi) is 7.97. The average Bonchev–Trinajstić information content (AvgIpc) is 2.86. The largest absolute Gasteiger partial charge is 0.444 e. The summed E-state index contributed by atoms with van der Waals surface area (Å²) in [5, 5.41) is 0. The Bertz CT molecular complexity index is 1030. The predicted molar refractivity (Wildman–Crippen MR) is 127 cm³/mol. The van der Waals surface area contributed by atoms with E-state index in [1.807, 2.05) is 30.3 Å². The molecular weight excluding hydrogens is 451 g/mol. The number of nitrogens with two attached hydrogens (primary N) is 1. The lowest BCUT2D eigenvalue weighted by atomic mass is 9.98. The quantitative estimate of drug-likeness (QED) is 0.584. The summed E-state index contributed by atoms with van der Waals surface area (Å²) in [6.07, 6.45) is 0.896. The first kappa shape index (κ1) is 24.7. The maximum Gasteiger partial charge on any atom is 0.411 e. The van der Waals surface area contributed by atoms with Crippen molar-refractivity contribution in [1.82, 2.24) is 14.7 Å². The molecule has 2 aromatic carbocycles. The van der Waals surface area contributed by atoms with E-state index in [-0.39, 0.29) is 43.7 Å². The number of carbonyl (C=O) groups excluding carboxylic acids is 3. The zero-order valence-electron chi connectivity index (χ0n) is 19.6. The summed E-state index contributed by atoms with van der Waals surface area (Å²) in [6, 6.07) is 14.7. The van der Waals surface area contributed by atoms with E-state index >= 15 is 0 Å². The molecule has 2 saturated heterocycles. The molecule has 0 aromatic heterocycles. The van der Waals surface area contributed by atoms with Crippen LogP contribution >= 0.6 is 0 Å². The van der Waals surface area contributed by atoms with Crippen LogP contribution in [0.4, 0.5) is 9.18 Å². The van der Waals surface area contributed by atoms with Crippen LogP contribution in [0.15, 0.2) is 54.6 Å². The van der Waals surface area contributed by atoms with Gasteiger partial charge in [-0.15, -0.1) is 0 Å². The summed E-state index contributed by atoms with van der Waals surface area (Å²) in [5.41, 5.74) is 7.29. The van der Waals surface area contributed by atoms with Crippen molar-refractivity contribution < 1.29 is 23.5 Å². The molecule has 0 aliphatic carbocycles. The SMILES string of the molecule is NCCCC[C@H]1C(=O)N(Cc2ccccc2)C[C@@H]2N(C(=O)OCc3ccc(F)cc3)CCC(=O)N21. The molecule has 0 radical (unpaired) electrons. The van der Waals surface area contributed by atoms with Crippen LogP contribution in [0.1, 0.15) is 36.8 Å². The Morgan fingerprint density at radius 3 is 2.49 bits per heavy atom. The number of benzene rings is 2. The van der Waals surface area contributed by atoms with Crippen molar-refractivity contribution in [2.75, 3.05) is 19.6 Å². The zero-order chi connectivity index (χ0) is 24.8. The van der Waals surface area contributed by atoms with E-state index < -0.39 is 18.3 Å². The van der Waals surface area contributed by atoms with Crippen molar-refractivity contribution in [3.63, 3.8) is 0 Å². The van der Waals surface area contributed by atoms with Gasteiger partial charge in [0.25, 0.3) is 0 Å². The summed E-state index contributed by atoms with van der Waals surface area (Å²) in [4.78, 5) is 44.4. The van der Waals surface area contributed by atoms with Gasteiger partial charge in [0.2, 0.25) is 11.8 Å². The number of amides is 3. The number of nitrogens with zero attached hydrogens (tertiary/aromatic N) is 3. The second kappa shape index (κ2) is 11.3. The molecule has 0 saturated carbocycles. The molecule has 4 rings (SSSR count). The predicted octanol–water partition coefficient (Wildman–Crippen LogP) is 2.86. The van der Waals surface area contributed by atoms with Crippen LogP contribution < -0.4 is 5.73 Å². The fraction of sp³-hybridized carbons (Fsp3) is 0.423. The highest BCUT2D eigenvalue weighted by molar-refractivity contribution is 5.90. The Morgan fingerprint density at radius 1 is 1.03 bits per heavy atom. The van der Waals surface area contributed by atoms with Gasteiger partial charge >= 0.3 is 6.09 Å². The number of halogens is 1. The van der Waals surface area contributed by atoms with Gasteiger partial charge in [-0.05, 0) is 49.1 Å². The van der Waals surface area contributed by atoms with Crippen LogP contribution in [-0.4, -0.2) is 64.4 Å². The minimum absolute atomic E-state index is 0.0110. The number of piperazine rings is 1. The number of fused-ring (bicyclic) bond motifs is 1. The van der Waals surface area contributed by atoms with E-state index in [4.69, 9.17) is 10.5 Å². The molecule has 2 aromatic rings. The van der Waals surface area contributed by atoms with Gasteiger partial charge in [-0.25, -0.2) is 9.18 Å². The molecule has 3 amide bonds. The van der Waals surface area contributed by atoms with Gasteiger partial charge in [0, 0.05) is 19.5 Å². The third kappa shape index (κ3) is 5.79. The molecule has 0 unspecified atom stereocenters. The van der Waals surface area contributed by atoms with Crippen molar-refractivity contribution in [1.29, 1.82) is 0 Å². The molecule has 8 nitrogen and oxygen atoms in total. The number of hydrogen-bond acceptors (Lipinski definition) is 5. The molecule has 2 atom stereocenters. The molecule has 2 N–H and O–H groups in total. The van der Waals surface area contributed by atoms with Gasteiger partial charge < -0.3 is 20.3 Å². The normalized spacial score (nSPS) is 20.1. The molecule has 9 heteroatoms. The first-order chi connectivity index (χ1) is 17.0. The molecule has 186 valence electrons. The van der Waals surface area contributed by atoms with Crippen LogP contribution in [-0.2, 0) is 27.5 Å². The van der Waals surface area contributed by atoms with E-state index in [1.54, 1.807) is 21.9 Å². The molecule has 2 aliphatic rings. The second-order valence-electron chi connectivity index (χ2n) is 8.91. The number of rotatable bonds is 8. The minimum atomic E-state index is -0.649. The Balaban J connectivity index is 1.54. The Hall–Kier alpha value is -3.46. The maximum absolute atomic E-state index is 13.5. The summed E-state index contributed by atoms with van der Waals surface area (Å²) in [5.74, 6) is -0.614. The van der Waals surface area contributed by atoms with Crippen molar-refractivity contribution in [2.24, 2.45) is 5.73 Å². The summed E-state index contributed by atoms with van der Waals surface area (Å²) < 4.78 is 18.7. The monoisotopic (exact) mass is 482 g/mol. The lowest BCUT2D eigenvalue weighted by Crippen LogP contribution is -2.71. The van der Waals surface area contributed by atoms with Crippen LogP contribution in [0.3, 0.4) is 0 Å². The van der Waals surface area contributed by atoms with Crippen molar-refractivity contribution >= 4 is 17.9 Å². The fourth-order valence-corrected chi connectivity index (χ4v) is 4.71. The van der Waals surface area contributed by atoms with Crippen LogP contribution in [0.5, 0.6) is 0 Å². The molecule has 0 bridgehead atoms. The van der Waals surface area contributed by atoms with E-state index in [9.17, 15) is 18.8 Å². The first-order valence-corrected chi connectivity index (χ1v) is 12.0. The van der Waals surface area contributed by atoms with E-state index in [1.165, 1.54) is 17.0 Å². The molecule has 35 heavy (non-hydrogen) atoms. The Morgan fingerprint density at radius 2 is 1.77 bits per heavy atom. The van der Waals surface area contributed by atoms with Gasteiger partial charge in [-0.3, -0.25) is 14.5 Å². The van der Waals surface area contributed by atoms with Crippen molar-refractivity contribution in [3.8, 4) is 0 Å². The highest BCUT2D eigenvalue weighted by Crippen LogP contribution is 2.29. The van der Waals surface area contributed by atoms with E-state index in [0.29, 0.717) is 31.5 Å². The number of ether oxygens (including phenoxy) is 1. The van der Waals surface area contributed by atoms with Gasteiger partial charge in [-0.2, -0.15) is 0 Å². The van der Waals surface area contributed by atoms with Gasteiger partial charge in [0.15, 0.2) is 0 Å². The molecule has 2 fully saturated rings. The standard InChI is InChI=1S/C26H31FN4O4/c27-21-11-9-20(10-12-21)18-35-26(34)30-15-13-24(32)31-22(8-4-5-14-28)25(33)29(17-23(30)31)16-19-6-2-1-3-7-19/h1-3,6-7,9-12,22-23H,4-5,8,13-18,28H2/t22-,23+/m0/s1. The van der Waals surface area contributed by atoms with Gasteiger partial charge in [0.05, 0.1) is 6.54 Å². The summed E-state index contributed by atoms with van der Waals surface area (Å²) in [6.45, 7) is 1.31. The third-order valence-electron chi connectivity index (χ3n) is 6.51. The highest BCUT2D eigenvalue weighted by Gasteiger charge is 2.48. The van der Waals surface area contributed by atoms with Crippen molar-refractivity contribution in [2.45, 2.75) is 51.0 Å². The highest BCUT2D eigenvalue weighted by atomic mass is 19.1. The number of unbranched alkanes of at least 4 members (excludes halogenated alkanes) is 1. The topological polar surface area (TPSA) is 96.2 Å². The Labute approximate surface area is 204 Å². The average molecular weight is 483 g/mol.